The molecule has 0 atom stereocenters. The van der Waals surface area contributed by atoms with E-state index in [1.165, 1.54) is 0 Å². The van der Waals surface area contributed by atoms with Gasteiger partial charge in [-0.05, 0) is 17.0 Å². The molecule has 0 saturated heterocycles. The molecule has 1 aromatic carbocycles. The van der Waals surface area contributed by atoms with Gasteiger partial charge in [-0.25, -0.2) is 0 Å². The van der Waals surface area contributed by atoms with Crippen LogP contribution in [0.1, 0.15) is 11.1 Å². The second-order valence-corrected chi connectivity index (χ2v) is 2.60. The third kappa shape index (κ3) is 1.19. The number of benzene rings is 1. The summed E-state index contributed by atoms with van der Waals surface area (Å²) in [5.41, 5.74) is 1.58. The van der Waals surface area contributed by atoms with E-state index in [4.69, 9.17) is 4.74 Å². The molecule has 0 saturated carbocycles. The summed E-state index contributed by atoms with van der Waals surface area (Å²) in [5, 5.41) is 11.3. The van der Waals surface area contributed by atoms with Gasteiger partial charge in [0.25, 0.3) is 0 Å². The molecule has 0 fully saturated rings. The van der Waals surface area contributed by atoms with E-state index in [0.717, 1.165) is 5.56 Å². The average molecular weight is 162 g/mol. The topological polar surface area (TPSA) is 44.7 Å². The largest absolute Gasteiger partial charge is 0.858 e. The number of nitrogens with zero attached hydrogens (tertiary/aromatic N) is 1. The molecule has 62 valence electrons. The molecule has 12 heavy (non-hydrogen) atoms. The zero-order valence-corrected chi connectivity index (χ0v) is 6.49. The van der Waals surface area contributed by atoms with Gasteiger partial charge in [0.1, 0.15) is 6.73 Å². The highest BCUT2D eigenvalue weighted by Gasteiger charge is 2.04. The highest BCUT2D eigenvalue weighted by molar-refractivity contribution is 5.92. The lowest BCUT2D eigenvalue weighted by Gasteiger charge is -2.10. The molecule has 0 unspecified atom stereocenters. The zero-order chi connectivity index (χ0) is 8.39. The smallest absolute Gasteiger partial charge is 0.137 e. The first-order valence-corrected chi connectivity index (χ1v) is 3.75. The molecule has 0 radical (unpaired) electrons. The van der Waals surface area contributed by atoms with Crippen molar-refractivity contribution in [3.8, 4) is 0 Å². The van der Waals surface area contributed by atoms with Gasteiger partial charge in [0.2, 0.25) is 0 Å². The first kappa shape index (κ1) is 7.31. The molecule has 1 aliphatic rings. The Labute approximate surface area is 70.3 Å². The Morgan fingerprint density at radius 2 is 2.17 bits per heavy atom. The number of aliphatic imine (C=N–C) groups is 1. The molecule has 1 aliphatic heterocycles. The van der Waals surface area contributed by atoms with Crippen molar-refractivity contribution in [3.63, 3.8) is 0 Å². The van der Waals surface area contributed by atoms with Crippen LogP contribution in [-0.2, 0) is 11.3 Å². The molecule has 2 rings (SSSR count). The Morgan fingerprint density at radius 1 is 1.33 bits per heavy atom. The molecule has 1 heterocycles. The normalized spacial score (nSPS) is 16.2. The first-order valence-electron chi connectivity index (χ1n) is 3.75. The van der Waals surface area contributed by atoms with Gasteiger partial charge in [-0.15, -0.1) is 0 Å². The Kier molecular flexibility index (Phi) is 1.80. The van der Waals surface area contributed by atoms with Crippen LogP contribution in [0.15, 0.2) is 29.3 Å². The monoisotopic (exact) mass is 162 g/mol. The molecule has 0 aromatic heterocycles. The second-order valence-electron chi connectivity index (χ2n) is 2.60. The van der Waals surface area contributed by atoms with Gasteiger partial charge in [-0.1, -0.05) is 24.3 Å². The number of hydrogen-bond acceptors (Lipinski definition) is 3. The zero-order valence-electron chi connectivity index (χ0n) is 6.49. The van der Waals surface area contributed by atoms with Crippen molar-refractivity contribution in [1.82, 2.24) is 0 Å². The minimum atomic E-state index is -0.178. The summed E-state index contributed by atoms with van der Waals surface area (Å²) in [6.45, 7) is 0.652. The lowest BCUT2D eigenvalue weighted by atomic mass is 10.1. The Bertz CT molecular complexity index is 320. The lowest BCUT2D eigenvalue weighted by molar-refractivity contribution is -0.213. The molecule has 3 heteroatoms. The van der Waals surface area contributed by atoms with Crippen molar-refractivity contribution in [2.75, 3.05) is 6.73 Å². The van der Waals surface area contributed by atoms with Crippen LogP contribution in [0.2, 0.25) is 0 Å². The summed E-state index contributed by atoms with van der Waals surface area (Å²) in [6.07, 6.45) is 0. The van der Waals surface area contributed by atoms with Crippen LogP contribution in [-0.4, -0.2) is 12.6 Å². The maximum atomic E-state index is 11.3. The summed E-state index contributed by atoms with van der Waals surface area (Å²) >= 11 is 0. The third-order valence-electron chi connectivity index (χ3n) is 1.80. The third-order valence-corrected chi connectivity index (χ3v) is 1.80. The van der Waals surface area contributed by atoms with E-state index in [1.807, 2.05) is 18.2 Å². The van der Waals surface area contributed by atoms with E-state index >= 15 is 0 Å². The quantitative estimate of drug-likeness (QED) is 0.550. The predicted molar refractivity (Wildman–Crippen MR) is 42.6 cm³/mol. The lowest BCUT2D eigenvalue weighted by Crippen LogP contribution is -2.19. The molecule has 0 spiro atoms. The van der Waals surface area contributed by atoms with Gasteiger partial charge in [-0.2, -0.15) is 0 Å². The number of ether oxygens (including phenoxy) is 1. The van der Waals surface area contributed by atoms with Gasteiger partial charge in [0, 0.05) is 0 Å². The highest BCUT2D eigenvalue weighted by Crippen LogP contribution is 2.12. The van der Waals surface area contributed by atoms with Crippen LogP contribution >= 0.6 is 0 Å². The Balaban J connectivity index is 2.51. The van der Waals surface area contributed by atoms with E-state index in [2.05, 4.69) is 4.99 Å². The maximum absolute atomic E-state index is 11.3. The van der Waals surface area contributed by atoms with E-state index in [0.29, 0.717) is 12.2 Å². The summed E-state index contributed by atoms with van der Waals surface area (Å²) in [4.78, 5) is 3.70. The molecule has 1 aromatic rings. The van der Waals surface area contributed by atoms with Crippen LogP contribution in [0.5, 0.6) is 0 Å². The van der Waals surface area contributed by atoms with E-state index in [9.17, 15) is 5.11 Å². The Morgan fingerprint density at radius 3 is 3.08 bits per heavy atom. The predicted octanol–water partition coefficient (Wildman–Crippen LogP) is 0.281. The van der Waals surface area contributed by atoms with E-state index in [-0.39, 0.29) is 12.6 Å². The highest BCUT2D eigenvalue weighted by atomic mass is 16.5. The fourth-order valence-electron chi connectivity index (χ4n) is 1.20. The van der Waals surface area contributed by atoms with Crippen molar-refractivity contribution in [2.45, 2.75) is 6.61 Å². The SMILES string of the molecule is [O-]C1=NCOCc2ccccc21. The molecular formula is C9H8NO2-. The van der Waals surface area contributed by atoms with Crippen LogP contribution in [0.3, 0.4) is 0 Å². The number of fused-ring (bicyclic) bond motifs is 1. The van der Waals surface area contributed by atoms with Crippen molar-refractivity contribution < 1.29 is 9.84 Å². The summed E-state index contributed by atoms with van der Waals surface area (Å²) < 4.78 is 5.10. The molecule has 0 bridgehead atoms. The van der Waals surface area contributed by atoms with E-state index < -0.39 is 0 Å². The first-order chi connectivity index (χ1) is 5.88. The maximum Gasteiger partial charge on any atom is 0.137 e. The van der Waals surface area contributed by atoms with Crippen molar-refractivity contribution in [1.29, 1.82) is 0 Å². The average Bonchev–Trinajstić information content (AvgIpc) is 2.29. The van der Waals surface area contributed by atoms with Crippen molar-refractivity contribution in [3.05, 3.63) is 35.4 Å². The molecule has 0 amide bonds. The van der Waals surface area contributed by atoms with Gasteiger partial charge in [-0.3, -0.25) is 4.99 Å². The van der Waals surface area contributed by atoms with Gasteiger partial charge < -0.3 is 9.84 Å². The fourth-order valence-corrected chi connectivity index (χ4v) is 1.20. The molecular weight excluding hydrogens is 154 g/mol. The summed E-state index contributed by atoms with van der Waals surface area (Å²) in [6, 6.07) is 7.38. The standard InChI is InChI=1S/C9H9NO2/c11-9-8-4-2-1-3-7(8)5-12-6-10-9/h1-4H,5-6H2,(H,10,11)/p-1. The van der Waals surface area contributed by atoms with Gasteiger partial charge in [0.15, 0.2) is 0 Å². The van der Waals surface area contributed by atoms with Crippen molar-refractivity contribution >= 4 is 5.90 Å². The Hall–Kier alpha value is -1.35. The molecule has 0 N–H and O–H groups in total. The summed E-state index contributed by atoms with van der Waals surface area (Å²) in [7, 11) is 0. The number of rotatable bonds is 0. The van der Waals surface area contributed by atoms with Gasteiger partial charge in [0.05, 0.1) is 6.61 Å². The van der Waals surface area contributed by atoms with Crippen molar-refractivity contribution in [2.24, 2.45) is 4.99 Å². The van der Waals surface area contributed by atoms with E-state index in [1.54, 1.807) is 6.07 Å². The minimum absolute atomic E-state index is 0.174. The summed E-state index contributed by atoms with van der Waals surface area (Å²) in [5.74, 6) is -0.178. The second kappa shape index (κ2) is 2.95. The van der Waals surface area contributed by atoms with Crippen LogP contribution in [0.4, 0.5) is 0 Å². The minimum Gasteiger partial charge on any atom is -0.858 e. The van der Waals surface area contributed by atoms with Crippen LogP contribution in [0.25, 0.3) is 0 Å². The molecule has 3 nitrogen and oxygen atoms in total. The van der Waals surface area contributed by atoms with Crippen LogP contribution < -0.4 is 5.11 Å². The fraction of sp³-hybridized carbons (Fsp3) is 0.222. The number of hydrogen-bond donors (Lipinski definition) is 0. The van der Waals surface area contributed by atoms with Crippen LogP contribution in [0, 0.1) is 0 Å². The molecule has 0 aliphatic carbocycles. The van der Waals surface area contributed by atoms with Gasteiger partial charge >= 0.3 is 0 Å².